The highest BCUT2D eigenvalue weighted by molar-refractivity contribution is 7.10. The van der Waals surface area contributed by atoms with Gasteiger partial charge in [0.25, 0.3) is 0 Å². The van der Waals surface area contributed by atoms with Crippen molar-refractivity contribution in [2.75, 3.05) is 6.61 Å². The molecular formula is C9H10F3NO2S. The Morgan fingerprint density at radius 3 is 2.81 bits per heavy atom. The summed E-state index contributed by atoms with van der Waals surface area (Å²) < 4.78 is 39.2. The molecule has 0 aromatic carbocycles. The molecule has 0 saturated carbocycles. The van der Waals surface area contributed by atoms with Crippen LogP contribution in [0.5, 0.6) is 0 Å². The van der Waals surface area contributed by atoms with Crippen molar-refractivity contribution < 1.29 is 22.7 Å². The number of carbonyl (C=O) groups excluding carboxylic acids is 1. The fraction of sp³-hybridized carbons (Fsp3) is 0.444. The highest BCUT2D eigenvalue weighted by Crippen LogP contribution is 2.18. The van der Waals surface area contributed by atoms with Crippen LogP contribution in [0.3, 0.4) is 0 Å². The van der Waals surface area contributed by atoms with Crippen molar-refractivity contribution in [3.05, 3.63) is 22.4 Å². The first-order valence-corrected chi connectivity index (χ1v) is 5.30. The van der Waals surface area contributed by atoms with E-state index in [2.05, 4.69) is 10.1 Å². The summed E-state index contributed by atoms with van der Waals surface area (Å²) in [6.07, 6.45) is -5.57. The Morgan fingerprint density at radius 2 is 2.31 bits per heavy atom. The van der Waals surface area contributed by atoms with Crippen LogP contribution in [0.1, 0.15) is 17.8 Å². The van der Waals surface area contributed by atoms with Crippen LogP contribution < -0.4 is 5.32 Å². The summed E-state index contributed by atoms with van der Waals surface area (Å²) in [6.45, 7) is 0.0939. The second-order valence-corrected chi connectivity index (χ2v) is 4.05. The number of rotatable bonds is 3. The van der Waals surface area contributed by atoms with E-state index in [4.69, 9.17) is 0 Å². The highest BCUT2D eigenvalue weighted by atomic mass is 32.1. The van der Waals surface area contributed by atoms with Crippen LogP contribution in [0.25, 0.3) is 0 Å². The number of thiophene rings is 1. The summed E-state index contributed by atoms with van der Waals surface area (Å²) in [5, 5.41) is 4.12. The predicted octanol–water partition coefficient (Wildman–Crippen LogP) is 3.10. The Morgan fingerprint density at radius 1 is 1.62 bits per heavy atom. The van der Waals surface area contributed by atoms with E-state index >= 15 is 0 Å². The molecule has 0 aliphatic carbocycles. The lowest BCUT2D eigenvalue weighted by Gasteiger charge is -2.13. The number of amides is 1. The van der Waals surface area contributed by atoms with Crippen LogP contribution in [0.15, 0.2) is 17.5 Å². The maximum atomic E-state index is 11.7. The van der Waals surface area contributed by atoms with Gasteiger partial charge in [0.2, 0.25) is 0 Å². The smallest absolute Gasteiger partial charge is 0.422 e. The van der Waals surface area contributed by atoms with Gasteiger partial charge in [-0.1, -0.05) is 6.07 Å². The molecule has 1 rings (SSSR count). The van der Waals surface area contributed by atoms with Gasteiger partial charge in [-0.3, -0.25) is 0 Å². The van der Waals surface area contributed by atoms with E-state index in [-0.39, 0.29) is 6.04 Å². The average Bonchev–Trinajstić information content (AvgIpc) is 2.66. The van der Waals surface area contributed by atoms with E-state index in [1.54, 1.807) is 19.1 Å². The molecule has 90 valence electrons. The molecule has 0 spiro atoms. The molecule has 1 N–H and O–H groups in total. The van der Waals surface area contributed by atoms with Gasteiger partial charge in [-0.2, -0.15) is 13.2 Å². The molecule has 1 atom stereocenters. The minimum atomic E-state index is -4.50. The first-order chi connectivity index (χ1) is 7.38. The number of halogens is 3. The molecule has 16 heavy (non-hydrogen) atoms. The van der Waals surface area contributed by atoms with Crippen molar-refractivity contribution in [3.63, 3.8) is 0 Å². The molecule has 0 radical (unpaired) electrons. The average molecular weight is 253 g/mol. The maximum Gasteiger partial charge on any atom is 0.422 e. The largest absolute Gasteiger partial charge is 0.440 e. The molecule has 1 aromatic rings. The molecule has 0 saturated heterocycles. The lowest BCUT2D eigenvalue weighted by molar-refractivity contribution is -0.160. The topological polar surface area (TPSA) is 38.3 Å². The lowest BCUT2D eigenvalue weighted by Crippen LogP contribution is -2.30. The molecule has 1 amide bonds. The Kier molecular flexibility index (Phi) is 4.17. The molecule has 0 fully saturated rings. The van der Waals surface area contributed by atoms with Gasteiger partial charge in [-0.25, -0.2) is 4.79 Å². The summed E-state index contributed by atoms with van der Waals surface area (Å²) in [5.41, 5.74) is 0. The number of alkyl carbamates (subject to hydrolysis) is 1. The third kappa shape index (κ3) is 4.52. The highest BCUT2D eigenvalue weighted by Gasteiger charge is 2.29. The number of alkyl halides is 3. The summed E-state index contributed by atoms with van der Waals surface area (Å²) in [5.74, 6) is 0. The third-order valence-electron chi connectivity index (χ3n) is 1.67. The van der Waals surface area contributed by atoms with E-state index < -0.39 is 18.9 Å². The second-order valence-electron chi connectivity index (χ2n) is 3.07. The van der Waals surface area contributed by atoms with E-state index in [1.165, 1.54) is 11.3 Å². The predicted molar refractivity (Wildman–Crippen MR) is 53.3 cm³/mol. The molecule has 0 aliphatic rings. The minimum Gasteiger partial charge on any atom is -0.440 e. The van der Waals surface area contributed by atoms with Gasteiger partial charge in [0.05, 0.1) is 6.04 Å². The summed E-state index contributed by atoms with van der Waals surface area (Å²) in [4.78, 5) is 11.8. The van der Waals surface area contributed by atoms with E-state index in [1.807, 2.05) is 5.38 Å². The number of carbonyl (C=O) groups is 1. The van der Waals surface area contributed by atoms with Crippen molar-refractivity contribution in [1.29, 1.82) is 0 Å². The summed E-state index contributed by atoms with van der Waals surface area (Å²) in [6, 6.07) is 3.21. The monoisotopic (exact) mass is 253 g/mol. The number of nitrogens with one attached hydrogen (secondary N) is 1. The Labute approximate surface area is 94.2 Å². The van der Waals surface area contributed by atoms with Crippen LogP contribution in [0, 0.1) is 0 Å². The number of hydrogen-bond donors (Lipinski definition) is 1. The summed E-state index contributed by atoms with van der Waals surface area (Å²) >= 11 is 1.40. The first kappa shape index (κ1) is 12.8. The van der Waals surface area contributed by atoms with Crippen LogP contribution in [-0.4, -0.2) is 18.9 Å². The van der Waals surface area contributed by atoms with Crippen molar-refractivity contribution in [1.82, 2.24) is 5.32 Å². The molecule has 3 nitrogen and oxygen atoms in total. The number of hydrogen-bond acceptors (Lipinski definition) is 3. The van der Waals surface area contributed by atoms with Crippen molar-refractivity contribution in [2.45, 2.75) is 19.1 Å². The van der Waals surface area contributed by atoms with Crippen LogP contribution >= 0.6 is 11.3 Å². The van der Waals surface area contributed by atoms with E-state index in [0.717, 1.165) is 4.88 Å². The normalized spacial score (nSPS) is 13.2. The zero-order valence-corrected chi connectivity index (χ0v) is 9.19. The van der Waals surface area contributed by atoms with E-state index in [0.29, 0.717) is 0 Å². The van der Waals surface area contributed by atoms with Crippen molar-refractivity contribution in [3.8, 4) is 0 Å². The minimum absolute atomic E-state index is 0.360. The van der Waals surface area contributed by atoms with Crippen LogP contribution in [0.4, 0.5) is 18.0 Å². The molecule has 1 aromatic heterocycles. The van der Waals surface area contributed by atoms with Crippen molar-refractivity contribution >= 4 is 17.4 Å². The number of ether oxygens (including phenoxy) is 1. The zero-order valence-electron chi connectivity index (χ0n) is 8.38. The zero-order chi connectivity index (χ0) is 12.2. The van der Waals surface area contributed by atoms with Crippen LogP contribution in [0.2, 0.25) is 0 Å². The fourth-order valence-electron chi connectivity index (χ4n) is 0.975. The molecule has 1 heterocycles. The van der Waals surface area contributed by atoms with Crippen molar-refractivity contribution in [2.24, 2.45) is 0 Å². The Balaban J connectivity index is 2.35. The first-order valence-electron chi connectivity index (χ1n) is 4.42. The van der Waals surface area contributed by atoms with Gasteiger partial charge >= 0.3 is 12.3 Å². The summed E-state index contributed by atoms with van der Waals surface area (Å²) in [7, 11) is 0. The maximum absolute atomic E-state index is 11.7. The van der Waals surface area contributed by atoms with Gasteiger partial charge in [0, 0.05) is 4.88 Å². The molecule has 0 bridgehead atoms. The Bertz CT molecular complexity index is 337. The van der Waals surface area contributed by atoms with Gasteiger partial charge in [-0.05, 0) is 18.4 Å². The third-order valence-corrected chi connectivity index (χ3v) is 2.73. The fourth-order valence-corrected chi connectivity index (χ4v) is 1.71. The molecular weight excluding hydrogens is 243 g/mol. The molecule has 0 unspecified atom stereocenters. The Hall–Kier alpha value is -1.24. The standard InChI is InChI=1S/C9H10F3NO2S/c1-6(7-3-2-4-16-7)13-8(14)15-5-9(10,11)12/h2-4,6H,5H2,1H3,(H,13,14)/t6-/m1/s1. The SMILES string of the molecule is C[C@@H](NC(=O)OCC(F)(F)F)c1cccs1. The van der Waals surface area contributed by atoms with Crippen LogP contribution in [-0.2, 0) is 4.74 Å². The van der Waals surface area contributed by atoms with E-state index in [9.17, 15) is 18.0 Å². The van der Waals surface area contributed by atoms with Gasteiger partial charge in [-0.15, -0.1) is 11.3 Å². The second kappa shape index (κ2) is 5.20. The lowest BCUT2D eigenvalue weighted by atomic mass is 10.3. The molecule has 0 aliphatic heterocycles. The van der Waals surface area contributed by atoms with Gasteiger partial charge in [0.15, 0.2) is 6.61 Å². The molecule has 7 heteroatoms. The quantitative estimate of drug-likeness (QED) is 0.898. The van der Waals surface area contributed by atoms with Gasteiger partial charge < -0.3 is 10.1 Å². The van der Waals surface area contributed by atoms with Gasteiger partial charge in [0.1, 0.15) is 0 Å².